The summed E-state index contributed by atoms with van der Waals surface area (Å²) in [4.78, 5) is 10.7. The van der Waals surface area contributed by atoms with E-state index in [2.05, 4.69) is 0 Å². The van der Waals surface area contributed by atoms with Crippen LogP contribution in [0.3, 0.4) is 0 Å². The number of carboxylic acids is 1. The minimum atomic E-state index is -1.16. The van der Waals surface area contributed by atoms with Gasteiger partial charge in [-0.1, -0.05) is 0 Å². The molecule has 0 aliphatic rings. The summed E-state index contributed by atoms with van der Waals surface area (Å²) in [6.45, 7) is 0. The third kappa shape index (κ3) is 1.88. The van der Waals surface area contributed by atoms with E-state index in [9.17, 15) is 9.18 Å². The molecule has 0 unspecified atom stereocenters. The lowest BCUT2D eigenvalue weighted by molar-refractivity contribution is 0.0696. The van der Waals surface area contributed by atoms with Gasteiger partial charge in [0, 0.05) is 5.56 Å². The lowest BCUT2D eigenvalue weighted by Gasteiger charge is -2.00. The molecule has 1 aromatic heterocycles. The maximum atomic E-state index is 13.1. The highest BCUT2D eigenvalue weighted by molar-refractivity contribution is 5.89. The van der Waals surface area contributed by atoms with Crippen LogP contribution < -0.4 is 0 Å². The molecule has 0 spiro atoms. The lowest BCUT2D eigenvalue weighted by Crippen LogP contribution is -1.97. The Morgan fingerprint density at radius 1 is 1.33 bits per heavy atom. The van der Waals surface area contributed by atoms with Crippen LogP contribution in [-0.4, -0.2) is 11.1 Å². The van der Waals surface area contributed by atoms with Crippen LogP contribution in [-0.2, 0) is 0 Å². The molecule has 0 saturated carbocycles. The largest absolute Gasteiger partial charge is 0.478 e. The van der Waals surface area contributed by atoms with Gasteiger partial charge in [0.1, 0.15) is 11.6 Å². The van der Waals surface area contributed by atoms with E-state index in [0.29, 0.717) is 11.3 Å². The molecule has 4 heteroatoms. The minimum Gasteiger partial charge on any atom is -0.478 e. The first kappa shape index (κ1) is 9.45. The summed E-state index contributed by atoms with van der Waals surface area (Å²) >= 11 is 0. The fourth-order valence-electron chi connectivity index (χ4n) is 1.30. The van der Waals surface area contributed by atoms with Gasteiger partial charge in [-0.3, -0.25) is 0 Å². The number of carbonyl (C=O) groups is 1. The standard InChI is InChI=1S/C11H7FO3/c12-9-5-7(10-2-1-3-15-10)4-8(6-9)11(13)14/h1-6H,(H,13,14). The highest BCUT2D eigenvalue weighted by Crippen LogP contribution is 2.22. The molecule has 0 fully saturated rings. The first-order valence-electron chi connectivity index (χ1n) is 4.24. The molecule has 3 nitrogen and oxygen atoms in total. The third-order valence-electron chi connectivity index (χ3n) is 1.95. The van der Waals surface area contributed by atoms with Crippen molar-refractivity contribution >= 4 is 5.97 Å². The summed E-state index contributed by atoms with van der Waals surface area (Å²) in [6.07, 6.45) is 1.45. The molecular weight excluding hydrogens is 199 g/mol. The highest BCUT2D eigenvalue weighted by Gasteiger charge is 2.09. The van der Waals surface area contributed by atoms with E-state index in [1.165, 1.54) is 18.4 Å². The number of rotatable bonds is 2. The topological polar surface area (TPSA) is 50.4 Å². The molecule has 1 N–H and O–H groups in total. The molecule has 2 aromatic rings. The van der Waals surface area contributed by atoms with Crippen molar-refractivity contribution in [3.05, 3.63) is 48.0 Å². The SMILES string of the molecule is O=C(O)c1cc(F)cc(-c2ccco2)c1. The van der Waals surface area contributed by atoms with Crippen LogP contribution in [0.4, 0.5) is 4.39 Å². The summed E-state index contributed by atoms with van der Waals surface area (Å²) in [5.74, 6) is -1.32. The van der Waals surface area contributed by atoms with Crippen LogP contribution in [0.2, 0.25) is 0 Å². The molecule has 0 aliphatic carbocycles. The second-order valence-electron chi connectivity index (χ2n) is 3.01. The number of benzene rings is 1. The summed E-state index contributed by atoms with van der Waals surface area (Å²) < 4.78 is 18.1. The predicted octanol–water partition coefficient (Wildman–Crippen LogP) is 2.78. The second kappa shape index (κ2) is 3.57. The third-order valence-corrected chi connectivity index (χ3v) is 1.95. The van der Waals surface area contributed by atoms with Crippen molar-refractivity contribution < 1.29 is 18.7 Å². The van der Waals surface area contributed by atoms with Gasteiger partial charge in [-0.25, -0.2) is 9.18 Å². The minimum absolute atomic E-state index is 0.0959. The Balaban J connectivity index is 2.54. The van der Waals surface area contributed by atoms with E-state index < -0.39 is 11.8 Å². The Morgan fingerprint density at radius 3 is 2.73 bits per heavy atom. The smallest absolute Gasteiger partial charge is 0.335 e. The van der Waals surface area contributed by atoms with Gasteiger partial charge in [-0.05, 0) is 30.3 Å². The van der Waals surface area contributed by atoms with Crippen LogP contribution >= 0.6 is 0 Å². The van der Waals surface area contributed by atoms with Crippen LogP contribution in [0.5, 0.6) is 0 Å². The first-order valence-corrected chi connectivity index (χ1v) is 4.24. The summed E-state index contributed by atoms with van der Waals surface area (Å²) in [5, 5.41) is 8.73. The Labute approximate surface area is 84.8 Å². The fraction of sp³-hybridized carbons (Fsp3) is 0. The number of hydrogen-bond donors (Lipinski definition) is 1. The average Bonchev–Trinajstić information content (AvgIpc) is 2.69. The van der Waals surface area contributed by atoms with E-state index in [1.54, 1.807) is 12.1 Å². The van der Waals surface area contributed by atoms with Crippen molar-refractivity contribution in [3.63, 3.8) is 0 Å². The van der Waals surface area contributed by atoms with Crippen LogP contribution in [0.15, 0.2) is 41.0 Å². The van der Waals surface area contributed by atoms with Crippen molar-refractivity contribution in [2.24, 2.45) is 0 Å². The lowest BCUT2D eigenvalue weighted by atomic mass is 10.1. The molecule has 0 atom stereocenters. The average molecular weight is 206 g/mol. The first-order chi connectivity index (χ1) is 7.16. The molecule has 76 valence electrons. The summed E-state index contributed by atoms with van der Waals surface area (Å²) in [5.41, 5.74) is 0.318. The predicted molar refractivity (Wildman–Crippen MR) is 51.1 cm³/mol. The van der Waals surface area contributed by atoms with Gasteiger partial charge in [-0.2, -0.15) is 0 Å². The maximum absolute atomic E-state index is 13.1. The van der Waals surface area contributed by atoms with Gasteiger partial charge in [-0.15, -0.1) is 0 Å². The molecule has 0 saturated heterocycles. The Hall–Kier alpha value is -2.10. The molecule has 2 rings (SSSR count). The van der Waals surface area contributed by atoms with Gasteiger partial charge >= 0.3 is 5.97 Å². The molecular formula is C11H7FO3. The fourth-order valence-corrected chi connectivity index (χ4v) is 1.30. The van der Waals surface area contributed by atoms with Crippen molar-refractivity contribution in [3.8, 4) is 11.3 Å². The number of furan rings is 1. The van der Waals surface area contributed by atoms with E-state index in [1.807, 2.05) is 0 Å². The van der Waals surface area contributed by atoms with Crippen LogP contribution in [0, 0.1) is 5.82 Å². The van der Waals surface area contributed by atoms with Gasteiger partial charge in [0.2, 0.25) is 0 Å². The van der Waals surface area contributed by atoms with Crippen molar-refractivity contribution in [1.82, 2.24) is 0 Å². The van der Waals surface area contributed by atoms with Crippen molar-refractivity contribution in [1.29, 1.82) is 0 Å². The van der Waals surface area contributed by atoms with Gasteiger partial charge in [0.15, 0.2) is 0 Å². The zero-order chi connectivity index (χ0) is 10.8. The van der Waals surface area contributed by atoms with E-state index >= 15 is 0 Å². The quantitative estimate of drug-likeness (QED) is 0.821. The summed E-state index contributed by atoms with van der Waals surface area (Å²) in [6, 6.07) is 6.85. The summed E-state index contributed by atoms with van der Waals surface area (Å²) in [7, 11) is 0. The Bertz CT molecular complexity index is 489. The maximum Gasteiger partial charge on any atom is 0.335 e. The number of hydrogen-bond acceptors (Lipinski definition) is 2. The number of aromatic carboxylic acids is 1. The molecule has 15 heavy (non-hydrogen) atoms. The Morgan fingerprint density at radius 2 is 2.13 bits per heavy atom. The van der Waals surface area contributed by atoms with E-state index in [4.69, 9.17) is 9.52 Å². The molecule has 0 amide bonds. The number of halogens is 1. The van der Waals surface area contributed by atoms with E-state index in [0.717, 1.165) is 6.07 Å². The highest BCUT2D eigenvalue weighted by atomic mass is 19.1. The Kier molecular flexibility index (Phi) is 2.25. The zero-order valence-electron chi connectivity index (χ0n) is 7.61. The molecule has 1 heterocycles. The monoisotopic (exact) mass is 206 g/mol. The number of carboxylic acid groups (broad SMARTS) is 1. The molecule has 0 bridgehead atoms. The van der Waals surface area contributed by atoms with Crippen LogP contribution in [0.1, 0.15) is 10.4 Å². The van der Waals surface area contributed by atoms with E-state index in [-0.39, 0.29) is 5.56 Å². The van der Waals surface area contributed by atoms with Gasteiger partial charge in [0.25, 0.3) is 0 Å². The van der Waals surface area contributed by atoms with Crippen molar-refractivity contribution in [2.45, 2.75) is 0 Å². The second-order valence-corrected chi connectivity index (χ2v) is 3.01. The van der Waals surface area contributed by atoms with Gasteiger partial charge < -0.3 is 9.52 Å². The van der Waals surface area contributed by atoms with Crippen molar-refractivity contribution in [2.75, 3.05) is 0 Å². The molecule has 0 radical (unpaired) electrons. The molecule has 0 aliphatic heterocycles. The van der Waals surface area contributed by atoms with Gasteiger partial charge in [0.05, 0.1) is 11.8 Å². The molecule has 1 aromatic carbocycles. The normalized spacial score (nSPS) is 10.2. The zero-order valence-corrected chi connectivity index (χ0v) is 7.61. The van der Waals surface area contributed by atoms with Crippen LogP contribution in [0.25, 0.3) is 11.3 Å².